The van der Waals surface area contributed by atoms with Crippen LogP contribution >= 0.6 is 0 Å². The van der Waals surface area contributed by atoms with E-state index in [1.165, 1.54) is 10.6 Å². The Labute approximate surface area is 104 Å². The molecule has 0 aliphatic carbocycles. The van der Waals surface area contributed by atoms with E-state index in [1.54, 1.807) is 18.2 Å². The molecule has 86 valence electrons. The van der Waals surface area contributed by atoms with Crippen LogP contribution in [0.15, 0.2) is 24.3 Å². The number of rotatable bonds is 4. The van der Waals surface area contributed by atoms with Crippen LogP contribution in [-0.2, 0) is 6.42 Å². The molecular formula is C13H19AlO2. The van der Waals surface area contributed by atoms with Gasteiger partial charge < -0.3 is 9.90 Å². The van der Waals surface area contributed by atoms with Gasteiger partial charge in [-0.15, -0.1) is 0 Å². The van der Waals surface area contributed by atoms with Crippen LogP contribution in [0.2, 0.25) is 10.6 Å². The first kappa shape index (κ1) is 15.2. The van der Waals surface area contributed by atoms with Gasteiger partial charge in [0.15, 0.2) is 0 Å². The first-order valence-electron chi connectivity index (χ1n) is 5.78. The molecule has 0 N–H and O–H groups in total. The van der Waals surface area contributed by atoms with Crippen molar-refractivity contribution in [2.75, 3.05) is 0 Å². The molecular weight excluding hydrogens is 215 g/mol. The number of carbonyl (C=O) groups is 1. The fourth-order valence-electron chi connectivity index (χ4n) is 1.32. The molecule has 0 saturated heterocycles. The van der Waals surface area contributed by atoms with Gasteiger partial charge in [0.05, 0.1) is 5.97 Å². The number of carboxylic acid groups (broad SMARTS) is 1. The van der Waals surface area contributed by atoms with E-state index in [0.717, 1.165) is 27.2 Å². The third kappa shape index (κ3) is 5.95. The number of carboxylic acids is 1. The summed E-state index contributed by atoms with van der Waals surface area (Å²) < 4.78 is 0. The zero-order valence-corrected chi connectivity index (χ0v) is 11.5. The van der Waals surface area contributed by atoms with Crippen molar-refractivity contribution in [3.05, 3.63) is 35.4 Å². The number of carbonyl (C=O) groups excluding carboxylic acids is 1. The number of benzene rings is 1. The van der Waals surface area contributed by atoms with Gasteiger partial charge in [-0.1, -0.05) is 31.2 Å². The van der Waals surface area contributed by atoms with Gasteiger partial charge in [-0.3, -0.25) is 0 Å². The Hall–Kier alpha value is -0.778. The van der Waals surface area contributed by atoms with Crippen molar-refractivity contribution >= 4 is 21.2 Å². The van der Waals surface area contributed by atoms with Crippen LogP contribution < -0.4 is 5.11 Å². The molecule has 1 rings (SSSR count). The van der Waals surface area contributed by atoms with Crippen LogP contribution in [-0.4, -0.2) is 21.2 Å². The van der Waals surface area contributed by atoms with Gasteiger partial charge in [-0.2, -0.15) is 0 Å². The molecule has 0 saturated carbocycles. The number of hydrogen-bond acceptors (Lipinski definition) is 2. The summed E-state index contributed by atoms with van der Waals surface area (Å²) in [5, 5.41) is 13.3. The second-order valence-corrected chi connectivity index (χ2v) is 5.61. The molecule has 0 radical (unpaired) electrons. The van der Waals surface area contributed by atoms with E-state index in [0.29, 0.717) is 5.56 Å². The first-order chi connectivity index (χ1) is 7.67. The Morgan fingerprint density at radius 2 is 1.75 bits per heavy atom. The van der Waals surface area contributed by atoms with E-state index in [-0.39, 0.29) is 0 Å². The quantitative estimate of drug-likeness (QED) is 0.749. The molecule has 1 aromatic carbocycles. The molecule has 0 atom stereocenters. The van der Waals surface area contributed by atoms with Gasteiger partial charge in [0, 0.05) is 5.56 Å². The fraction of sp³-hybridized carbons (Fsp3) is 0.462. The Bertz CT molecular complexity index is 309. The van der Waals surface area contributed by atoms with E-state index in [4.69, 9.17) is 0 Å². The number of aromatic carboxylic acids is 1. The molecule has 2 nitrogen and oxygen atoms in total. The van der Waals surface area contributed by atoms with Crippen molar-refractivity contribution < 1.29 is 9.90 Å². The number of hydrogen-bond donors (Lipinski definition) is 0. The second kappa shape index (κ2) is 9.45. The molecule has 0 fully saturated rings. The molecule has 0 spiro atoms. The summed E-state index contributed by atoms with van der Waals surface area (Å²) in [5.41, 5.74) is 1.13. The van der Waals surface area contributed by atoms with Crippen LogP contribution in [0.1, 0.15) is 36.7 Å². The molecule has 16 heavy (non-hydrogen) atoms. The molecule has 0 aliphatic rings. The molecule has 0 heterocycles. The van der Waals surface area contributed by atoms with E-state index in [2.05, 4.69) is 13.8 Å². The molecule has 1 aromatic rings. The average Bonchev–Trinajstić information content (AvgIpc) is 2.31. The van der Waals surface area contributed by atoms with Crippen molar-refractivity contribution in [3.8, 4) is 0 Å². The van der Waals surface area contributed by atoms with E-state index >= 15 is 0 Å². The maximum absolute atomic E-state index is 10.5. The third-order valence-corrected chi connectivity index (χ3v) is 3.35. The zero-order valence-electron chi connectivity index (χ0n) is 10.3. The normalized spacial score (nSPS) is 8.69. The molecule has 0 aliphatic heterocycles. The Morgan fingerprint density at radius 1 is 1.19 bits per heavy atom. The topological polar surface area (TPSA) is 40.1 Å². The predicted molar refractivity (Wildman–Crippen MR) is 66.9 cm³/mol. The molecule has 0 bridgehead atoms. The SMILES string of the molecule is CCc1ccccc1C(=O)[O-].C[CH2][Al+][CH2]C. The van der Waals surface area contributed by atoms with Gasteiger partial charge in [0.1, 0.15) is 0 Å². The monoisotopic (exact) mass is 234 g/mol. The maximum atomic E-state index is 10.5. The van der Waals surface area contributed by atoms with E-state index in [1.807, 2.05) is 13.0 Å². The van der Waals surface area contributed by atoms with Gasteiger partial charge in [0.2, 0.25) is 0 Å². The van der Waals surface area contributed by atoms with Crippen LogP contribution in [0.3, 0.4) is 0 Å². The summed E-state index contributed by atoms with van der Waals surface area (Å²) in [6.45, 7) is 6.42. The van der Waals surface area contributed by atoms with Crippen molar-refractivity contribution in [3.63, 3.8) is 0 Å². The van der Waals surface area contributed by atoms with Gasteiger partial charge >= 0.3 is 39.6 Å². The van der Waals surface area contributed by atoms with Crippen molar-refractivity contribution in [1.29, 1.82) is 0 Å². The Kier molecular flexibility index (Phi) is 8.99. The van der Waals surface area contributed by atoms with Crippen molar-refractivity contribution in [2.45, 2.75) is 37.8 Å². The van der Waals surface area contributed by atoms with Gasteiger partial charge in [-0.25, -0.2) is 0 Å². The molecule has 3 heteroatoms. The summed E-state index contributed by atoms with van der Waals surface area (Å²) in [6.07, 6.45) is 0.726. The van der Waals surface area contributed by atoms with Crippen LogP contribution in [0, 0.1) is 0 Å². The summed E-state index contributed by atoms with van der Waals surface area (Å²) >= 11 is 0.815. The van der Waals surface area contributed by atoms with E-state index < -0.39 is 5.97 Å². The minimum absolute atomic E-state index is 0.301. The molecule has 0 unspecified atom stereocenters. The molecule has 0 aromatic heterocycles. The van der Waals surface area contributed by atoms with Gasteiger partial charge in [-0.05, 0) is 12.0 Å². The predicted octanol–water partition coefficient (Wildman–Crippen LogP) is 2.18. The Balaban J connectivity index is 0.000000385. The number of aryl methyl sites for hydroxylation is 1. The summed E-state index contributed by atoms with van der Waals surface area (Å²) in [4.78, 5) is 10.5. The van der Waals surface area contributed by atoms with Crippen LogP contribution in [0.4, 0.5) is 0 Å². The van der Waals surface area contributed by atoms with Crippen LogP contribution in [0.25, 0.3) is 0 Å². The average molecular weight is 234 g/mol. The summed E-state index contributed by atoms with van der Waals surface area (Å²) in [5.74, 6) is -1.09. The second-order valence-electron chi connectivity index (χ2n) is 3.40. The van der Waals surface area contributed by atoms with Gasteiger partial charge in [0.25, 0.3) is 0 Å². The van der Waals surface area contributed by atoms with Crippen molar-refractivity contribution in [2.24, 2.45) is 0 Å². The van der Waals surface area contributed by atoms with Crippen LogP contribution in [0.5, 0.6) is 0 Å². The fourth-order valence-corrected chi connectivity index (χ4v) is 1.89. The summed E-state index contributed by atoms with van der Waals surface area (Å²) in [7, 11) is 0. The molecule has 0 amide bonds. The first-order valence-corrected chi connectivity index (χ1v) is 7.41. The Morgan fingerprint density at radius 3 is 2.06 bits per heavy atom. The minimum atomic E-state index is -1.09. The third-order valence-electron chi connectivity index (χ3n) is 2.20. The van der Waals surface area contributed by atoms with E-state index in [9.17, 15) is 9.90 Å². The standard InChI is InChI=1S/C9H10O2.2C2H5.Al/c1-2-7-5-3-4-6-8(7)9(10)11;2*1-2;/h3-6H,2H2,1H3,(H,10,11);2*1H2,2H3;/q;;;+1/p-1. The zero-order chi connectivity index (χ0) is 12.4. The van der Waals surface area contributed by atoms with Crippen molar-refractivity contribution in [1.82, 2.24) is 0 Å². The summed E-state index contributed by atoms with van der Waals surface area (Å²) in [6, 6.07) is 6.88.